The van der Waals surface area contributed by atoms with Gasteiger partial charge in [0, 0.05) is 19.5 Å². The summed E-state index contributed by atoms with van der Waals surface area (Å²) in [6.07, 6.45) is 5.57. The van der Waals surface area contributed by atoms with E-state index in [1.807, 2.05) is 12.2 Å². The minimum Gasteiger partial charge on any atom is -0.446 e. The zero-order chi connectivity index (χ0) is 30.2. The van der Waals surface area contributed by atoms with Crippen molar-refractivity contribution in [3.05, 3.63) is 41.7 Å². The number of ether oxygens (including phenoxy) is 1. The number of amides is 4. The minimum atomic E-state index is -3.84. The van der Waals surface area contributed by atoms with Crippen molar-refractivity contribution in [2.75, 3.05) is 18.9 Å². The fourth-order valence-electron chi connectivity index (χ4n) is 5.92. The maximum atomic E-state index is 14.2. The summed E-state index contributed by atoms with van der Waals surface area (Å²) in [6, 6.07) is 4.25. The first-order chi connectivity index (χ1) is 19.9. The Hall–Kier alpha value is -3.48. The third-order valence-electron chi connectivity index (χ3n) is 8.63. The number of carbonyl (C=O) groups is 4. The van der Waals surface area contributed by atoms with Gasteiger partial charge in [-0.3, -0.25) is 24.4 Å². The molecule has 0 spiro atoms. The molecule has 1 aromatic carbocycles. The van der Waals surface area contributed by atoms with Crippen molar-refractivity contribution in [2.45, 2.75) is 75.2 Å². The van der Waals surface area contributed by atoms with E-state index >= 15 is 0 Å². The van der Waals surface area contributed by atoms with E-state index in [2.05, 4.69) is 15.4 Å². The quantitative estimate of drug-likeness (QED) is 0.437. The van der Waals surface area contributed by atoms with Crippen LogP contribution < -0.4 is 15.4 Å². The molecule has 5 atom stereocenters. The molecular weight excluding hydrogens is 567 g/mol. The molecule has 3 fully saturated rings. The topological polar surface area (TPSA) is 151 Å². The van der Waals surface area contributed by atoms with Crippen LogP contribution in [0.3, 0.4) is 0 Å². The summed E-state index contributed by atoms with van der Waals surface area (Å²) < 4.78 is 46.9. The summed E-state index contributed by atoms with van der Waals surface area (Å²) in [4.78, 5) is 54.8. The maximum absolute atomic E-state index is 14.2. The number of hydrogen-bond acceptors (Lipinski definition) is 7. The first kappa shape index (κ1) is 30.0. The molecule has 0 aromatic heterocycles. The molecule has 1 heterocycles. The van der Waals surface area contributed by atoms with Gasteiger partial charge < -0.3 is 15.0 Å². The molecule has 42 heavy (non-hydrogen) atoms. The Bertz CT molecular complexity index is 1410. The van der Waals surface area contributed by atoms with Crippen LogP contribution in [0.4, 0.5) is 14.9 Å². The highest BCUT2D eigenvalue weighted by atomic mass is 32.2. The predicted octanol–water partition coefficient (Wildman–Crippen LogP) is 2.76. The smallest absolute Gasteiger partial charge is 0.411 e. The zero-order valence-electron chi connectivity index (χ0n) is 23.7. The molecule has 0 bridgehead atoms. The fraction of sp³-hybridized carbons (Fsp3) is 0.586. The Morgan fingerprint density at radius 1 is 1.14 bits per heavy atom. The number of aryl methyl sites for hydroxylation is 1. The lowest BCUT2D eigenvalue weighted by Crippen LogP contribution is -2.54. The molecule has 1 aliphatic heterocycles. The van der Waals surface area contributed by atoms with Gasteiger partial charge in [-0.25, -0.2) is 17.6 Å². The molecule has 3 saturated carbocycles. The van der Waals surface area contributed by atoms with E-state index in [1.165, 1.54) is 12.1 Å². The maximum Gasteiger partial charge on any atom is 0.411 e. The van der Waals surface area contributed by atoms with E-state index in [0.29, 0.717) is 25.8 Å². The Morgan fingerprint density at radius 3 is 2.62 bits per heavy atom. The number of fused-ring (bicyclic) bond motifs is 2. The highest BCUT2D eigenvalue weighted by Gasteiger charge is 2.62. The summed E-state index contributed by atoms with van der Waals surface area (Å²) in [6.45, 7) is 2.24. The minimum absolute atomic E-state index is 0.0123. The normalized spacial score (nSPS) is 30.7. The first-order valence-corrected chi connectivity index (χ1v) is 16.0. The van der Waals surface area contributed by atoms with Gasteiger partial charge in [-0.15, -0.1) is 0 Å². The van der Waals surface area contributed by atoms with Crippen molar-refractivity contribution in [1.29, 1.82) is 0 Å². The van der Waals surface area contributed by atoms with Crippen LogP contribution in [0.15, 0.2) is 30.4 Å². The second-order valence-corrected chi connectivity index (χ2v) is 13.9. The van der Waals surface area contributed by atoms with Gasteiger partial charge >= 0.3 is 6.09 Å². The molecule has 5 rings (SSSR count). The Balaban J connectivity index is 1.35. The lowest BCUT2D eigenvalue weighted by molar-refractivity contribution is -0.140. The highest BCUT2D eigenvalue weighted by Crippen LogP contribution is 2.47. The first-order valence-electron chi connectivity index (χ1n) is 14.4. The Kier molecular flexibility index (Phi) is 8.32. The number of sulfonamides is 1. The highest BCUT2D eigenvalue weighted by molar-refractivity contribution is 7.91. The predicted molar refractivity (Wildman–Crippen MR) is 151 cm³/mol. The zero-order valence-corrected chi connectivity index (χ0v) is 24.5. The molecule has 0 saturated heterocycles. The standard InChI is InChI=1S/C29H37FN4O7S/c1-17-8-11-23(30)24(13-17)31-28(38)41-19-14-21-22(15-19)26(36)34(2)12-6-4-3-5-7-18-16-29(18,32-25(21)35)27(37)33-42(39,40)20-9-10-20/h5,7-8,11,13,18-22H,3-4,6,9-10,12,14-16H2,1-2H3,(H,31,38)(H,32,35)(H,33,37)/b7-5+. The largest absolute Gasteiger partial charge is 0.446 e. The van der Waals surface area contributed by atoms with Gasteiger partial charge in [0.2, 0.25) is 21.8 Å². The summed E-state index contributed by atoms with van der Waals surface area (Å²) >= 11 is 0. The van der Waals surface area contributed by atoms with E-state index in [4.69, 9.17) is 4.74 Å². The molecule has 4 amide bonds. The molecule has 228 valence electrons. The third kappa shape index (κ3) is 6.45. The van der Waals surface area contributed by atoms with Gasteiger partial charge in [0.1, 0.15) is 17.5 Å². The molecule has 5 unspecified atom stereocenters. The number of halogens is 1. The van der Waals surface area contributed by atoms with Crippen LogP contribution in [-0.2, 0) is 29.1 Å². The van der Waals surface area contributed by atoms with Crippen LogP contribution in [0.1, 0.15) is 56.9 Å². The van der Waals surface area contributed by atoms with E-state index in [1.54, 1.807) is 24.9 Å². The van der Waals surface area contributed by atoms with Gasteiger partial charge in [-0.05, 0) is 76.0 Å². The molecular formula is C29H37FN4O7S. The van der Waals surface area contributed by atoms with Crippen molar-refractivity contribution in [3.8, 4) is 0 Å². The van der Waals surface area contributed by atoms with E-state index < -0.39 is 62.5 Å². The second kappa shape index (κ2) is 11.7. The number of allylic oxidation sites excluding steroid dienone is 1. The average molecular weight is 605 g/mol. The van der Waals surface area contributed by atoms with Gasteiger partial charge in [-0.1, -0.05) is 18.2 Å². The number of anilines is 1. The lowest BCUT2D eigenvalue weighted by atomic mass is 9.93. The summed E-state index contributed by atoms with van der Waals surface area (Å²) in [7, 11) is -2.18. The van der Waals surface area contributed by atoms with E-state index in [-0.39, 0.29) is 36.8 Å². The molecule has 0 radical (unpaired) electrons. The van der Waals surface area contributed by atoms with Crippen LogP contribution in [0.25, 0.3) is 0 Å². The van der Waals surface area contributed by atoms with Crippen molar-refractivity contribution >= 4 is 39.5 Å². The molecule has 13 heteroatoms. The number of rotatable bonds is 5. The van der Waals surface area contributed by atoms with E-state index in [9.17, 15) is 32.0 Å². The summed E-state index contributed by atoms with van der Waals surface area (Å²) in [5.41, 5.74) is -0.761. The monoisotopic (exact) mass is 604 g/mol. The van der Waals surface area contributed by atoms with Crippen LogP contribution in [0.2, 0.25) is 0 Å². The number of carbonyl (C=O) groups excluding carboxylic acids is 4. The average Bonchev–Trinajstić information content (AvgIpc) is 3.85. The molecule has 1 aromatic rings. The van der Waals surface area contributed by atoms with Crippen LogP contribution >= 0.6 is 0 Å². The third-order valence-corrected chi connectivity index (χ3v) is 10.4. The second-order valence-electron chi connectivity index (χ2n) is 12.0. The van der Waals surface area contributed by atoms with Crippen molar-refractivity contribution in [2.24, 2.45) is 17.8 Å². The Labute approximate surface area is 244 Å². The molecule has 3 N–H and O–H groups in total. The molecule has 4 aliphatic rings. The van der Waals surface area contributed by atoms with Gasteiger partial charge in [0.25, 0.3) is 5.91 Å². The van der Waals surface area contributed by atoms with Crippen LogP contribution in [0.5, 0.6) is 0 Å². The Morgan fingerprint density at radius 2 is 1.88 bits per heavy atom. The van der Waals surface area contributed by atoms with Crippen LogP contribution in [-0.4, -0.2) is 67.6 Å². The number of nitrogens with zero attached hydrogens (tertiary/aromatic N) is 1. The summed E-state index contributed by atoms with van der Waals surface area (Å²) in [5.74, 6) is -4.41. The lowest BCUT2D eigenvalue weighted by Gasteiger charge is -2.26. The molecule has 11 nitrogen and oxygen atoms in total. The number of nitrogens with one attached hydrogen (secondary N) is 3. The van der Waals surface area contributed by atoms with Crippen molar-refractivity contribution in [3.63, 3.8) is 0 Å². The number of benzene rings is 1. The summed E-state index contributed by atoms with van der Waals surface area (Å²) in [5, 5.41) is 4.57. The van der Waals surface area contributed by atoms with E-state index in [0.717, 1.165) is 18.4 Å². The molecule has 3 aliphatic carbocycles. The van der Waals surface area contributed by atoms with Gasteiger partial charge in [-0.2, -0.15) is 0 Å². The SMILES string of the molecule is Cc1ccc(F)c(NC(=O)OC2CC3C(=O)NC4(C(=O)NS(=O)(=O)C5CC5)CC4/C=C/CCCCN(C)C(=O)C3C2)c1. The van der Waals surface area contributed by atoms with Crippen molar-refractivity contribution in [1.82, 2.24) is 14.9 Å². The van der Waals surface area contributed by atoms with Gasteiger partial charge in [0.05, 0.1) is 22.8 Å². The van der Waals surface area contributed by atoms with Crippen molar-refractivity contribution < 1.29 is 36.7 Å². The van der Waals surface area contributed by atoms with Gasteiger partial charge in [0.15, 0.2) is 0 Å². The fourth-order valence-corrected chi connectivity index (χ4v) is 7.28. The van der Waals surface area contributed by atoms with Crippen LogP contribution in [0, 0.1) is 30.5 Å². The number of hydrogen-bond donors (Lipinski definition) is 3.